The summed E-state index contributed by atoms with van der Waals surface area (Å²) in [5.41, 5.74) is 0.927. The van der Waals surface area contributed by atoms with E-state index in [0.717, 1.165) is 0 Å². The SMILES string of the molecule is Cc1nc2c(c(=O)n1C)CN(S(=O)(=O)c1cccc(C(=O)N(C)C)c1)C2. The third kappa shape index (κ3) is 2.93. The van der Waals surface area contributed by atoms with Crippen LogP contribution < -0.4 is 5.56 Å². The van der Waals surface area contributed by atoms with E-state index in [1.807, 2.05) is 0 Å². The monoisotopic (exact) mass is 376 g/mol. The second kappa shape index (κ2) is 6.33. The summed E-state index contributed by atoms with van der Waals surface area (Å²) in [6.45, 7) is 1.72. The third-order valence-corrected chi connectivity index (χ3v) is 6.27. The van der Waals surface area contributed by atoms with E-state index < -0.39 is 10.0 Å². The van der Waals surface area contributed by atoms with Crippen LogP contribution in [0.15, 0.2) is 34.0 Å². The van der Waals surface area contributed by atoms with Gasteiger partial charge in [-0.05, 0) is 25.1 Å². The molecule has 0 saturated heterocycles. The molecule has 0 unspecified atom stereocenters. The van der Waals surface area contributed by atoms with Crippen molar-refractivity contribution >= 4 is 15.9 Å². The highest BCUT2D eigenvalue weighted by Crippen LogP contribution is 2.26. The molecular weight excluding hydrogens is 356 g/mol. The largest absolute Gasteiger partial charge is 0.345 e. The molecule has 9 heteroatoms. The molecule has 1 aromatic heterocycles. The van der Waals surface area contributed by atoms with Crippen molar-refractivity contribution in [2.24, 2.45) is 7.05 Å². The number of carbonyl (C=O) groups excluding carboxylic acids is 1. The minimum absolute atomic E-state index is 0.0200. The molecule has 0 bridgehead atoms. The first-order valence-electron chi connectivity index (χ1n) is 8.00. The summed E-state index contributed by atoms with van der Waals surface area (Å²) in [4.78, 5) is 30.2. The quantitative estimate of drug-likeness (QED) is 0.778. The molecule has 1 aromatic carbocycles. The number of benzene rings is 1. The minimum atomic E-state index is -3.86. The highest BCUT2D eigenvalue weighted by atomic mass is 32.2. The second-order valence-electron chi connectivity index (χ2n) is 6.45. The average Bonchev–Trinajstić information content (AvgIpc) is 3.04. The zero-order valence-electron chi connectivity index (χ0n) is 15.1. The molecule has 0 aliphatic carbocycles. The first kappa shape index (κ1) is 18.3. The topological polar surface area (TPSA) is 92.6 Å². The Hall–Kier alpha value is -2.52. The molecule has 1 aliphatic rings. The Balaban J connectivity index is 1.98. The Bertz CT molecular complexity index is 1060. The first-order chi connectivity index (χ1) is 12.1. The molecule has 138 valence electrons. The molecule has 3 rings (SSSR count). The van der Waals surface area contributed by atoms with Gasteiger partial charge < -0.3 is 4.90 Å². The highest BCUT2D eigenvalue weighted by Gasteiger charge is 2.34. The van der Waals surface area contributed by atoms with E-state index in [1.165, 1.54) is 32.0 Å². The van der Waals surface area contributed by atoms with Crippen LogP contribution in [-0.2, 0) is 30.2 Å². The van der Waals surface area contributed by atoms with Crippen LogP contribution >= 0.6 is 0 Å². The predicted molar refractivity (Wildman–Crippen MR) is 95.1 cm³/mol. The van der Waals surface area contributed by atoms with Gasteiger partial charge in [-0.15, -0.1) is 0 Å². The van der Waals surface area contributed by atoms with Crippen molar-refractivity contribution < 1.29 is 13.2 Å². The van der Waals surface area contributed by atoms with E-state index in [9.17, 15) is 18.0 Å². The van der Waals surface area contributed by atoms with Crippen molar-refractivity contribution in [3.05, 3.63) is 57.3 Å². The van der Waals surface area contributed by atoms with Gasteiger partial charge in [0.25, 0.3) is 11.5 Å². The number of hydrogen-bond donors (Lipinski definition) is 0. The van der Waals surface area contributed by atoms with Crippen molar-refractivity contribution in [1.29, 1.82) is 0 Å². The number of nitrogens with zero attached hydrogens (tertiary/aromatic N) is 4. The van der Waals surface area contributed by atoms with Crippen molar-refractivity contribution in [2.45, 2.75) is 24.9 Å². The van der Waals surface area contributed by atoms with Crippen LogP contribution in [0.25, 0.3) is 0 Å². The molecule has 0 spiro atoms. The van der Waals surface area contributed by atoms with Crippen LogP contribution in [0.1, 0.15) is 27.4 Å². The normalized spacial score (nSPS) is 14.3. The van der Waals surface area contributed by atoms with Gasteiger partial charge in [0.05, 0.1) is 22.7 Å². The van der Waals surface area contributed by atoms with Gasteiger partial charge in [-0.25, -0.2) is 13.4 Å². The summed E-state index contributed by atoms with van der Waals surface area (Å²) in [5, 5.41) is 0. The second-order valence-corrected chi connectivity index (χ2v) is 8.39. The molecular formula is C17H20N4O4S. The summed E-state index contributed by atoms with van der Waals surface area (Å²) >= 11 is 0. The Kier molecular flexibility index (Phi) is 4.45. The smallest absolute Gasteiger partial charge is 0.258 e. The molecule has 8 nitrogen and oxygen atoms in total. The van der Waals surface area contributed by atoms with E-state index in [0.29, 0.717) is 17.1 Å². The molecule has 2 aromatic rings. The van der Waals surface area contributed by atoms with Gasteiger partial charge in [-0.3, -0.25) is 14.2 Å². The standard InChI is InChI=1S/C17H20N4O4S/c1-11-18-15-10-21(9-14(15)17(23)20(11)4)26(24,25)13-7-5-6-12(8-13)16(22)19(2)3/h5-8H,9-10H2,1-4H3. The maximum Gasteiger partial charge on any atom is 0.258 e. The van der Waals surface area contributed by atoms with Crippen molar-refractivity contribution in [2.75, 3.05) is 14.1 Å². The summed E-state index contributed by atoms with van der Waals surface area (Å²) in [7, 11) is 0.957. The lowest BCUT2D eigenvalue weighted by Gasteiger charge is -2.16. The van der Waals surface area contributed by atoms with Crippen LogP contribution in [-0.4, -0.2) is 47.2 Å². The van der Waals surface area contributed by atoms with Crippen LogP contribution in [0.5, 0.6) is 0 Å². The Labute approximate surface area is 151 Å². The molecule has 0 N–H and O–H groups in total. The van der Waals surface area contributed by atoms with E-state index >= 15 is 0 Å². The lowest BCUT2D eigenvalue weighted by molar-refractivity contribution is 0.0827. The Morgan fingerprint density at radius 3 is 2.58 bits per heavy atom. The van der Waals surface area contributed by atoms with Crippen molar-refractivity contribution in [1.82, 2.24) is 18.8 Å². The van der Waals surface area contributed by atoms with Gasteiger partial charge >= 0.3 is 0 Å². The summed E-state index contributed by atoms with van der Waals surface area (Å²) in [6.07, 6.45) is 0. The molecule has 0 saturated carbocycles. The van der Waals surface area contributed by atoms with Crippen LogP contribution in [0.3, 0.4) is 0 Å². The Morgan fingerprint density at radius 2 is 1.92 bits per heavy atom. The summed E-state index contributed by atoms with van der Waals surface area (Å²) in [6, 6.07) is 5.91. The van der Waals surface area contributed by atoms with Gasteiger partial charge in [0.15, 0.2) is 0 Å². The number of aryl methyl sites for hydroxylation is 1. The number of carbonyl (C=O) groups is 1. The van der Waals surface area contributed by atoms with Crippen LogP contribution in [0.2, 0.25) is 0 Å². The molecule has 0 fully saturated rings. The molecule has 0 atom stereocenters. The van der Waals surface area contributed by atoms with Crippen molar-refractivity contribution in [3.63, 3.8) is 0 Å². The number of hydrogen-bond acceptors (Lipinski definition) is 5. The average molecular weight is 376 g/mol. The minimum Gasteiger partial charge on any atom is -0.345 e. The predicted octanol–water partition coefficient (Wildman–Crippen LogP) is 0.495. The van der Waals surface area contributed by atoms with Crippen LogP contribution in [0.4, 0.5) is 0 Å². The molecule has 0 radical (unpaired) electrons. The van der Waals surface area contributed by atoms with Gasteiger partial charge in [-0.1, -0.05) is 6.07 Å². The maximum absolute atomic E-state index is 13.0. The molecule has 26 heavy (non-hydrogen) atoms. The summed E-state index contributed by atoms with van der Waals surface area (Å²) < 4.78 is 28.6. The van der Waals surface area contributed by atoms with Crippen LogP contribution in [0, 0.1) is 6.92 Å². The third-order valence-electron chi connectivity index (χ3n) is 4.48. The van der Waals surface area contributed by atoms with Gasteiger partial charge in [-0.2, -0.15) is 4.31 Å². The maximum atomic E-state index is 13.0. The number of sulfonamides is 1. The fraction of sp³-hybridized carbons (Fsp3) is 0.353. The summed E-state index contributed by atoms with van der Waals surface area (Å²) in [5.74, 6) is 0.254. The zero-order valence-corrected chi connectivity index (χ0v) is 15.9. The van der Waals surface area contributed by atoms with E-state index in [4.69, 9.17) is 0 Å². The lowest BCUT2D eigenvalue weighted by Crippen LogP contribution is -2.28. The zero-order chi connectivity index (χ0) is 19.2. The fourth-order valence-corrected chi connectivity index (χ4v) is 4.28. The fourth-order valence-electron chi connectivity index (χ4n) is 2.87. The van der Waals surface area contributed by atoms with E-state index in [1.54, 1.807) is 34.1 Å². The lowest BCUT2D eigenvalue weighted by atomic mass is 10.2. The highest BCUT2D eigenvalue weighted by molar-refractivity contribution is 7.89. The molecule has 2 heterocycles. The Morgan fingerprint density at radius 1 is 1.23 bits per heavy atom. The van der Waals surface area contributed by atoms with Gasteiger partial charge in [0, 0.05) is 33.3 Å². The van der Waals surface area contributed by atoms with Gasteiger partial charge in [0.1, 0.15) is 5.82 Å². The molecule has 1 aliphatic heterocycles. The number of fused-ring (bicyclic) bond motifs is 1. The van der Waals surface area contributed by atoms with Gasteiger partial charge in [0.2, 0.25) is 10.0 Å². The number of rotatable bonds is 3. The number of amides is 1. The van der Waals surface area contributed by atoms with E-state index in [-0.39, 0.29) is 35.0 Å². The van der Waals surface area contributed by atoms with Crippen molar-refractivity contribution in [3.8, 4) is 0 Å². The molecule has 1 amide bonds. The first-order valence-corrected chi connectivity index (χ1v) is 9.44. The number of aromatic nitrogens is 2. The van der Waals surface area contributed by atoms with E-state index in [2.05, 4.69) is 4.98 Å².